The van der Waals surface area contributed by atoms with E-state index in [1.807, 2.05) is 65.0 Å². The molecule has 0 aliphatic carbocycles. The molecule has 3 atom stereocenters. The van der Waals surface area contributed by atoms with E-state index in [4.69, 9.17) is 0 Å². The van der Waals surface area contributed by atoms with E-state index in [2.05, 4.69) is 26.4 Å². The average Bonchev–Trinajstić information content (AvgIpc) is 3.02. The Morgan fingerprint density at radius 1 is 1.18 bits per heavy atom. The predicted octanol–water partition coefficient (Wildman–Crippen LogP) is 2.67. The maximum atomic E-state index is 12.4. The third-order valence-corrected chi connectivity index (χ3v) is 4.64. The van der Waals surface area contributed by atoms with Gasteiger partial charge in [-0.2, -0.15) is 5.10 Å². The summed E-state index contributed by atoms with van der Waals surface area (Å²) in [4.78, 5) is 24.7. The van der Waals surface area contributed by atoms with Crippen molar-refractivity contribution in [3.63, 3.8) is 0 Å². The highest BCUT2D eigenvalue weighted by atomic mass is 16.2. The number of aromatic nitrogens is 2. The molecule has 1 aromatic carbocycles. The molecule has 1 aromatic heterocycles. The van der Waals surface area contributed by atoms with Crippen LogP contribution < -0.4 is 21.3 Å². The van der Waals surface area contributed by atoms with Crippen LogP contribution in [0, 0.1) is 5.92 Å². The minimum Gasteiger partial charge on any atom is -0.333 e. The second-order valence-electron chi connectivity index (χ2n) is 8.21. The summed E-state index contributed by atoms with van der Waals surface area (Å²) in [6.07, 6.45) is -0.555. The lowest BCUT2D eigenvalue weighted by molar-refractivity contribution is -0.130. The topological polar surface area (TPSA) is 100 Å². The van der Waals surface area contributed by atoms with Crippen LogP contribution in [0.1, 0.15) is 40.9 Å². The van der Waals surface area contributed by atoms with Crippen molar-refractivity contribution in [2.45, 2.75) is 52.5 Å². The van der Waals surface area contributed by atoms with Gasteiger partial charge in [-0.05, 0) is 27.7 Å². The van der Waals surface area contributed by atoms with Crippen LogP contribution in [0.2, 0.25) is 0 Å². The van der Waals surface area contributed by atoms with E-state index in [-0.39, 0.29) is 29.4 Å². The summed E-state index contributed by atoms with van der Waals surface area (Å²) in [6, 6.07) is 11.1. The fourth-order valence-corrected chi connectivity index (χ4v) is 2.98. The van der Waals surface area contributed by atoms with Gasteiger partial charge in [0, 0.05) is 23.2 Å². The van der Waals surface area contributed by atoms with Gasteiger partial charge in [0.2, 0.25) is 5.91 Å². The molecule has 1 aliphatic rings. The van der Waals surface area contributed by atoms with Crippen molar-refractivity contribution in [1.29, 1.82) is 0 Å². The first-order chi connectivity index (χ1) is 13.1. The van der Waals surface area contributed by atoms with Crippen LogP contribution in [0.15, 0.2) is 36.4 Å². The Balaban J connectivity index is 1.93. The third kappa shape index (κ3) is 4.51. The van der Waals surface area contributed by atoms with Gasteiger partial charge in [-0.3, -0.25) is 15.4 Å². The molecule has 0 saturated carbocycles. The Labute approximate surface area is 165 Å². The van der Waals surface area contributed by atoms with Crippen molar-refractivity contribution in [2.24, 2.45) is 5.92 Å². The van der Waals surface area contributed by atoms with Gasteiger partial charge in [-0.1, -0.05) is 37.3 Å². The number of nitrogens with one attached hydrogen (secondary N) is 4. The van der Waals surface area contributed by atoms with Crippen molar-refractivity contribution in [2.75, 3.05) is 5.32 Å². The number of amides is 3. The minimum atomic E-state index is -0.555. The zero-order chi connectivity index (χ0) is 20.5. The molecule has 1 saturated heterocycles. The van der Waals surface area contributed by atoms with Crippen LogP contribution >= 0.6 is 0 Å². The van der Waals surface area contributed by atoms with Gasteiger partial charge >= 0.3 is 6.03 Å². The molecule has 0 bridgehead atoms. The average molecular weight is 384 g/mol. The second kappa shape index (κ2) is 7.63. The van der Waals surface area contributed by atoms with Gasteiger partial charge in [-0.15, -0.1) is 0 Å². The van der Waals surface area contributed by atoms with E-state index in [0.29, 0.717) is 11.5 Å². The number of nitrogens with zero attached hydrogens (tertiary/aromatic N) is 2. The lowest BCUT2D eigenvalue weighted by atomic mass is 10.0. The van der Waals surface area contributed by atoms with E-state index in [9.17, 15) is 9.59 Å². The summed E-state index contributed by atoms with van der Waals surface area (Å²) in [5.74, 6) is 0.277. The molecule has 3 rings (SSSR count). The van der Waals surface area contributed by atoms with E-state index < -0.39 is 6.29 Å². The molecular formula is C20H28N6O2. The Morgan fingerprint density at radius 3 is 2.46 bits per heavy atom. The van der Waals surface area contributed by atoms with Crippen LogP contribution in [0.3, 0.4) is 0 Å². The Morgan fingerprint density at radius 2 is 1.86 bits per heavy atom. The summed E-state index contributed by atoms with van der Waals surface area (Å²) in [7, 11) is 0. The molecule has 28 heavy (non-hydrogen) atoms. The molecule has 3 unspecified atom stereocenters. The van der Waals surface area contributed by atoms with Gasteiger partial charge < -0.3 is 10.6 Å². The first-order valence-electron chi connectivity index (χ1n) is 9.44. The molecule has 0 spiro atoms. The minimum absolute atomic E-state index is 0.0284. The zero-order valence-electron chi connectivity index (χ0n) is 16.9. The van der Waals surface area contributed by atoms with Crippen molar-refractivity contribution in [1.82, 2.24) is 25.7 Å². The van der Waals surface area contributed by atoms with Gasteiger partial charge in [0.1, 0.15) is 5.82 Å². The Bertz CT molecular complexity index is 855. The normalized spacial score (nSPS) is 22.5. The quantitative estimate of drug-likeness (QED) is 0.654. The number of hydrogen-bond donors (Lipinski definition) is 4. The Kier molecular flexibility index (Phi) is 5.42. The number of carbonyl (C=O) groups is 2. The van der Waals surface area contributed by atoms with Gasteiger partial charge in [0.15, 0.2) is 6.29 Å². The highest BCUT2D eigenvalue weighted by molar-refractivity contribution is 5.89. The fourth-order valence-electron chi connectivity index (χ4n) is 2.98. The van der Waals surface area contributed by atoms with Crippen LogP contribution in [-0.2, 0) is 4.79 Å². The lowest BCUT2D eigenvalue weighted by Gasteiger charge is -2.34. The van der Waals surface area contributed by atoms with Crippen molar-refractivity contribution >= 4 is 17.8 Å². The molecule has 8 nitrogen and oxygen atoms in total. The lowest BCUT2D eigenvalue weighted by Crippen LogP contribution is -2.57. The number of carbonyl (C=O) groups excluding carboxylic acids is 2. The molecule has 0 radical (unpaired) electrons. The summed E-state index contributed by atoms with van der Waals surface area (Å²) >= 11 is 0. The van der Waals surface area contributed by atoms with Gasteiger partial charge in [-0.25, -0.2) is 9.48 Å². The summed E-state index contributed by atoms with van der Waals surface area (Å²) in [5, 5.41) is 16.6. The maximum absolute atomic E-state index is 12.4. The van der Waals surface area contributed by atoms with E-state index in [1.54, 1.807) is 10.7 Å². The smallest absolute Gasteiger partial charge is 0.320 e. The van der Waals surface area contributed by atoms with Crippen LogP contribution in [0.5, 0.6) is 0 Å². The largest absolute Gasteiger partial charge is 0.333 e. The van der Waals surface area contributed by atoms with Crippen LogP contribution in [-0.4, -0.2) is 33.3 Å². The molecule has 1 fully saturated rings. The third-order valence-electron chi connectivity index (χ3n) is 4.64. The van der Waals surface area contributed by atoms with E-state index in [0.717, 1.165) is 5.56 Å². The number of rotatable bonds is 3. The summed E-state index contributed by atoms with van der Waals surface area (Å²) in [6.45, 7) is 9.55. The monoisotopic (exact) mass is 384 g/mol. The molecule has 1 aliphatic heterocycles. The van der Waals surface area contributed by atoms with Gasteiger partial charge in [0.05, 0.1) is 11.6 Å². The van der Waals surface area contributed by atoms with E-state index in [1.165, 1.54) is 0 Å². The molecule has 4 N–H and O–H groups in total. The van der Waals surface area contributed by atoms with Crippen molar-refractivity contribution < 1.29 is 9.59 Å². The zero-order valence-corrected chi connectivity index (χ0v) is 16.9. The molecular weight excluding hydrogens is 356 g/mol. The maximum Gasteiger partial charge on any atom is 0.320 e. The second-order valence-corrected chi connectivity index (χ2v) is 8.21. The summed E-state index contributed by atoms with van der Waals surface area (Å²) < 4.78 is 1.60. The highest BCUT2D eigenvalue weighted by Gasteiger charge is 2.32. The number of urea groups is 1. The van der Waals surface area contributed by atoms with Crippen molar-refractivity contribution in [3.05, 3.63) is 36.4 Å². The Hall–Kier alpha value is -2.87. The molecule has 8 heteroatoms. The van der Waals surface area contributed by atoms with E-state index >= 15 is 0 Å². The van der Waals surface area contributed by atoms with Gasteiger partial charge in [0.25, 0.3) is 0 Å². The summed E-state index contributed by atoms with van der Waals surface area (Å²) in [5.41, 5.74) is 1.25. The molecule has 2 aromatic rings. The first-order valence-corrected chi connectivity index (χ1v) is 9.44. The first kappa shape index (κ1) is 19.9. The van der Waals surface area contributed by atoms with Crippen molar-refractivity contribution in [3.8, 4) is 11.3 Å². The number of benzene rings is 1. The predicted molar refractivity (Wildman–Crippen MR) is 109 cm³/mol. The fraction of sp³-hybridized carbons (Fsp3) is 0.450. The molecule has 2 heterocycles. The number of hydrogen-bond acceptors (Lipinski definition) is 4. The molecule has 150 valence electrons. The highest BCUT2D eigenvalue weighted by Crippen LogP contribution is 2.25. The standard InChI is InChI=1S/C20H28N6O2/c1-12-13(2)21-18(23-17(12)27)26-16(22-19(28)24-20(3,4)5)11-15(25-26)14-9-7-6-8-10-14/h6-13,18,21H,1-5H3,(H,23,27)(H2,22,24,28). The molecule has 3 amide bonds. The SMILES string of the molecule is CC1NC(n2nc(-c3ccccc3)cc2NC(=O)NC(C)(C)C)NC(=O)C1C. The number of anilines is 1. The van der Waals surface area contributed by atoms with Crippen LogP contribution in [0.4, 0.5) is 10.6 Å². The van der Waals surface area contributed by atoms with Crippen LogP contribution in [0.25, 0.3) is 11.3 Å².